The number of aliphatic hydroxyl groups excluding tert-OH is 1. The summed E-state index contributed by atoms with van der Waals surface area (Å²) in [6, 6.07) is 1.18. The van der Waals surface area contributed by atoms with E-state index in [0.717, 1.165) is 11.3 Å². The summed E-state index contributed by atoms with van der Waals surface area (Å²) in [7, 11) is -4.15. The van der Waals surface area contributed by atoms with Gasteiger partial charge in [0.15, 0.2) is 0 Å². The van der Waals surface area contributed by atoms with E-state index in [1.807, 2.05) is 0 Å². The maximum absolute atomic E-state index is 12.3. The molecule has 1 aromatic heterocycles. The molecule has 0 amide bonds. The second-order valence-corrected chi connectivity index (χ2v) is 6.55. The lowest BCUT2D eigenvalue weighted by Crippen LogP contribution is -2.38. The fourth-order valence-electron chi connectivity index (χ4n) is 1.27. The summed E-state index contributed by atoms with van der Waals surface area (Å²) in [4.78, 5) is 0. The van der Waals surface area contributed by atoms with Crippen molar-refractivity contribution >= 4 is 21.4 Å². The van der Waals surface area contributed by atoms with Gasteiger partial charge in [-0.3, -0.25) is 0 Å². The maximum atomic E-state index is 12.3. The molecule has 0 aliphatic carbocycles. The van der Waals surface area contributed by atoms with E-state index in [4.69, 9.17) is 5.11 Å². The molecule has 0 aliphatic heterocycles. The Labute approximate surface area is 107 Å². The van der Waals surface area contributed by atoms with Crippen molar-refractivity contribution in [2.75, 3.05) is 13.1 Å². The van der Waals surface area contributed by atoms with Crippen molar-refractivity contribution in [2.45, 2.75) is 23.9 Å². The van der Waals surface area contributed by atoms with Crippen molar-refractivity contribution in [3.05, 3.63) is 17.0 Å². The molecule has 1 N–H and O–H groups in total. The molecule has 0 aromatic carbocycles. The zero-order valence-electron chi connectivity index (χ0n) is 9.44. The van der Waals surface area contributed by atoms with E-state index in [-0.39, 0.29) is 17.4 Å². The normalized spacial score (nSPS) is 13.2. The molecule has 9 heteroatoms. The van der Waals surface area contributed by atoms with Gasteiger partial charge in [0.2, 0.25) is 0 Å². The Balaban J connectivity index is 3.03. The molecular weight excluding hydrogens is 291 g/mol. The molecule has 0 saturated carbocycles. The predicted molar refractivity (Wildman–Crippen MR) is 60.7 cm³/mol. The standard InChI is InChI=1S/C9H12F3NO3S2/c1-2-13(6-9(10,11)12)18(15,16)8-3-7(4-14)5-17-8/h3,5,14H,2,4,6H2,1H3. The average molecular weight is 303 g/mol. The van der Waals surface area contributed by atoms with Gasteiger partial charge in [-0.05, 0) is 17.0 Å². The second-order valence-electron chi connectivity index (χ2n) is 3.48. The third kappa shape index (κ3) is 3.67. The van der Waals surface area contributed by atoms with Gasteiger partial charge >= 0.3 is 6.18 Å². The van der Waals surface area contributed by atoms with Crippen LogP contribution in [0.5, 0.6) is 0 Å². The van der Waals surface area contributed by atoms with Gasteiger partial charge in [-0.2, -0.15) is 17.5 Å². The molecule has 18 heavy (non-hydrogen) atoms. The number of alkyl halides is 3. The lowest BCUT2D eigenvalue weighted by atomic mass is 10.4. The Kier molecular flexibility index (Phi) is 4.76. The highest BCUT2D eigenvalue weighted by molar-refractivity contribution is 7.91. The largest absolute Gasteiger partial charge is 0.402 e. The summed E-state index contributed by atoms with van der Waals surface area (Å²) in [6.45, 7) is -0.798. The Morgan fingerprint density at radius 1 is 1.44 bits per heavy atom. The number of rotatable bonds is 5. The summed E-state index contributed by atoms with van der Waals surface area (Å²) in [6.07, 6.45) is -4.58. The molecule has 1 heterocycles. The topological polar surface area (TPSA) is 57.6 Å². The Hall–Kier alpha value is -0.640. The number of thiophene rings is 1. The molecule has 0 unspecified atom stereocenters. The number of hydrogen-bond acceptors (Lipinski definition) is 4. The van der Waals surface area contributed by atoms with Crippen molar-refractivity contribution in [3.8, 4) is 0 Å². The Bertz CT molecular complexity index is 495. The van der Waals surface area contributed by atoms with E-state index in [2.05, 4.69) is 0 Å². The molecule has 0 atom stereocenters. The van der Waals surface area contributed by atoms with E-state index >= 15 is 0 Å². The van der Waals surface area contributed by atoms with Crippen LogP contribution in [0.2, 0.25) is 0 Å². The molecular formula is C9H12F3NO3S2. The molecule has 0 bridgehead atoms. The maximum Gasteiger partial charge on any atom is 0.402 e. The number of aliphatic hydroxyl groups is 1. The number of halogens is 3. The van der Waals surface area contributed by atoms with Crippen LogP contribution >= 0.6 is 11.3 Å². The molecule has 1 rings (SSSR count). The minimum absolute atomic E-state index is 0.197. The zero-order chi connectivity index (χ0) is 14.0. The van der Waals surface area contributed by atoms with E-state index in [1.54, 1.807) is 0 Å². The van der Waals surface area contributed by atoms with Crippen molar-refractivity contribution in [1.82, 2.24) is 4.31 Å². The summed E-state index contributed by atoms with van der Waals surface area (Å²) < 4.78 is 60.8. The predicted octanol–water partition coefficient (Wildman–Crippen LogP) is 1.81. The van der Waals surface area contributed by atoms with Gasteiger partial charge in [0.25, 0.3) is 10.0 Å². The summed E-state index contributed by atoms with van der Waals surface area (Å²) >= 11 is 0.794. The molecule has 0 saturated heterocycles. The SMILES string of the molecule is CCN(CC(F)(F)F)S(=O)(=O)c1cc(CO)cs1. The van der Waals surface area contributed by atoms with E-state index in [1.165, 1.54) is 18.4 Å². The van der Waals surface area contributed by atoms with Crippen LogP contribution in [-0.4, -0.2) is 37.1 Å². The van der Waals surface area contributed by atoms with Crippen molar-refractivity contribution in [2.24, 2.45) is 0 Å². The van der Waals surface area contributed by atoms with Gasteiger partial charge in [-0.1, -0.05) is 6.92 Å². The third-order valence-corrected chi connectivity index (χ3v) is 5.50. The molecule has 0 radical (unpaired) electrons. The van der Waals surface area contributed by atoms with Crippen molar-refractivity contribution < 1.29 is 26.7 Å². The first kappa shape index (κ1) is 15.4. The highest BCUT2D eigenvalue weighted by Crippen LogP contribution is 2.26. The lowest BCUT2D eigenvalue weighted by Gasteiger charge is -2.20. The van der Waals surface area contributed by atoms with Crippen LogP contribution in [0.15, 0.2) is 15.7 Å². The Morgan fingerprint density at radius 2 is 2.06 bits per heavy atom. The fraction of sp³-hybridized carbons (Fsp3) is 0.556. The molecule has 104 valence electrons. The molecule has 0 aliphatic rings. The smallest absolute Gasteiger partial charge is 0.392 e. The quantitative estimate of drug-likeness (QED) is 0.902. The van der Waals surface area contributed by atoms with Gasteiger partial charge in [0, 0.05) is 6.54 Å². The van der Waals surface area contributed by atoms with Gasteiger partial charge in [-0.15, -0.1) is 11.3 Å². The summed E-state index contributed by atoms with van der Waals surface area (Å²) in [5.41, 5.74) is 0.363. The van der Waals surface area contributed by atoms with Crippen LogP contribution in [0, 0.1) is 0 Å². The van der Waals surface area contributed by atoms with Crippen LogP contribution in [0.3, 0.4) is 0 Å². The van der Waals surface area contributed by atoms with E-state index < -0.39 is 22.7 Å². The first-order valence-electron chi connectivity index (χ1n) is 4.96. The minimum atomic E-state index is -4.58. The zero-order valence-corrected chi connectivity index (χ0v) is 11.1. The van der Waals surface area contributed by atoms with Gasteiger partial charge in [-0.25, -0.2) is 8.42 Å². The van der Waals surface area contributed by atoms with Gasteiger partial charge < -0.3 is 5.11 Å². The van der Waals surface area contributed by atoms with Crippen LogP contribution in [-0.2, 0) is 16.6 Å². The fourth-order valence-corrected chi connectivity index (χ4v) is 4.05. The molecule has 0 fully saturated rings. The average Bonchev–Trinajstić information content (AvgIpc) is 2.73. The summed E-state index contributed by atoms with van der Waals surface area (Å²) in [5, 5.41) is 10.2. The van der Waals surface area contributed by atoms with E-state index in [9.17, 15) is 21.6 Å². The minimum Gasteiger partial charge on any atom is -0.392 e. The number of sulfonamides is 1. The highest BCUT2D eigenvalue weighted by Gasteiger charge is 2.36. The van der Waals surface area contributed by atoms with E-state index in [0.29, 0.717) is 9.87 Å². The highest BCUT2D eigenvalue weighted by atomic mass is 32.2. The first-order chi connectivity index (χ1) is 8.20. The number of hydrogen-bond donors (Lipinski definition) is 1. The third-order valence-electron chi connectivity index (χ3n) is 2.11. The molecule has 1 aromatic rings. The van der Waals surface area contributed by atoms with Crippen LogP contribution in [0.1, 0.15) is 12.5 Å². The van der Waals surface area contributed by atoms with Crippen LogP contribution in [0.4, 0.5) is 13.2 Å². The first-order valence-corrected chi connectivity index (χ1v) is 7.28. The van der Waals surface area contributed by atoms with Crippen LogP contribution in [0.25, 0.3) is 0 Å². The number of nitrogens with zero attached hydrogens (tertiary/aromatic N) is 1. The Morgan fingerprint density at radius 3 is 2.44 bits per heavy atom. The van der Waals surface area contributed by atoms with Crippen molar-refractivity contribution in [3.63, 3.8) is 0 Å². The summed E-state index contributed by atoms with van der Waals surface area (Å²) in [5.74, 6) is 0. The van der Waals surface area contributed by atoms with Crippen LogP contribution < -0.4 is 0 Å². The van der Waals surface area contributed by atoms with Gasteiger partial charge in [0.1, 0.15) is 10.8 Å². The van der Waals surface area contributed by atoms with Crippen molar-refractivity contribution in [1.29, 1.82) is 0 Å². The molecule has 0 spiro atoms. The van der Waals surface area contributed by atoms with Gasteiger partial charge in [0.05, 0.1) is 6.61 Å². The molecule has 4 nitrogen and oxygen atoms in total. The second kappa shape index (κ2) is 5.55. The lowest BCUT2D eigenvalue weighted by molar-refractivity contribution is -0.135. The monoisotopic (exact) mass is 303 g/mol.